The van der Waals surface area contributed by atoms with Gasteiger partial charge in [0.2, 0.25) is 0 Å². The Bertz CT molecular complexity index is 571. The second-order valence-electron chi connectivity index (χ2n) is 5.58. The van der Waals surface area contributed by atoms with E-state index in [0.717, 1.165) is 18.4 Å². The van der Waals surface area contributed by atoms with Crippen LogP contribution in [-0.2, 0) is 0 Å². The lowest BCUT2D eigenvalue weighted by atomic mass is 10.2. The molecular formula is C17H19F3N2O. The molecule has 1 aliphatic carbocycles. The van der Waals surface area contributed by atoms with Crippen molar-refractivity contribution in [3.63, 3.8) is 0 Å². The van der Waals surface area contributed by atoms with Crippen LogP contribution >= 0.6 is 0 Å². The van der Waals surface area contributed by atoms with E-state index in [1.807, 2.05) is 30.3 Å². The molecule has 1 fully saturated rings. The van der Waals surface area contributed by atoms with Crippen LogP contribution in [0.1, 0.15) is 24.8 Å². The van der Waals surface area contributed by atoms with Gasteiger partial charge < -0.3 is 10.2 Å². The molecule has 6 heteroatoms. The summed E-state index contributed by atoms with van der Waals surface area (Å²) in [5, 5.41) is 2.57. The Morgan fingerprint density at radius 1 is 1.26 bits per heavy atom. The molecule has 1 saturated carbocycles. The van der Waals surface area contributed by atoms with Crippen LogP contribution in [0.5, 0.6) is 0 Å². The maximum atomic E-state index is 12.3. The van der Waals surface area contributed by atoms with Gasteiger partial charge in [0.05, 0.1) is 13.0 Å². The van der Waals surface area contributed by atoms with Crippen molar-refractivity contribution in [3.05, 3.63) is 35.9 Å². The first-order valence-corrected chi connectivity index (χ1v) is 7.57. The highest BCUT2D eigenvalue weighted by Crippen LogP contribution is 2.30. The van der Waals surface area contributed by atoms with Gasteiger partial charge in [-0.1, -0.05) is 30.0 Å². The van der Waals surface area contributed by atoms with Crippen molar-refractivity contribution in [3.8, 4) is 11.8 Å². The Kier molecular flexibility index (Phi) is 5.91. The van der Waals surface area contributed by atoms with Crippen molar-refractivity contribution < 1.29 is 18.0 Å². The molecule has 0 bridgehead atoms. The summed E-state index contributed by atoms with van der Waals surface area (Å²) < 4.78 is 37.0. The third-order valence-corrected chi connectivity index (χ3v) is 3.46. The van der Waals surface area contributed by atoms with Crippen LogP contribution in [0, 0.1) is 17.8 Å². The zero-order valence-corrected chi connectivity index (χ0v) is 12.7. The monoisotopic (exact) mass is 324 g/mol. The summed E-state index contributed by atoms with van der Waals surface area (Å²) >= 11 is 0. The van der Waals surface area contributed by atoms with Crippen LogP contribution < -0.4 is 5.32 Å². The number of rotatable bonds is 5. The summed E-state index contributed by atoms with van der Waals surface area (Å²) in [6.07, 6.45) is -3.29. The van der Waals surface area contributed by atoms with Crippen LogP contribution in [0.25, 0.3) is 0 Å². The number of nitrogens with zero attached hydrogens (tertiary/aromatic N) is 1. The van der Waals surface area contributed by atoms with Gasteiger partial charge in [0.15, 0.2) is 0 Å². The number of amides is 2. The Morgan fingerprint density at radius 2 is 1.96 bits per heavy atom. The lowest BCUT2D eigenvalue weighted by Gasteiger charge is -2.23. The number of alkyl halides is 3. The molecule has 23 heavy (non-hydrogen) atoms. The standard InChI is InChI=1S/C17H19F3N2O/c18-17(19,20)10-12-22(13-15-8-9-15)16(23)21-11-4-7-14-5-2-1-3-6-14/h1-3,5-6,15H,8-13H2,(H,21,23). The van der Waals surface area contributed by atoms with Gasteiger partial charge in [-0.25, -0.2) is 4.79 Å². The smallest absolute Gasteiger partial charge is 0.327 e. The van der Waals surface area contributed by atoms with Crippen molar-refractivity contribution in [2.75, 3.05) is 19.6 Å². The second kappa shape index (κ2) is 7.91. The minimum absolute atomic E-state index is 0.112. The van der Waals surface area contributed by atoms with Crippen LogP contribution in [0.15, 0.2) is 30.3 Å². The van der Waals surface area contributed by atoms with Crippen molar-refractivity contribution >= 4 is 6.03 Å². The van der Waals surface area contributed by atoms with Gasteiger partial charge in [-0.3, -0.25) is 0 Å². The molecule has 0 aromatic heterocycles. The van der Waals surface area contributed by atoms with Gasteiger partial charge in [0, 0.05) is 18.7 Å². The van der Waals surface area contributed by atoms with Crippen molar-refractivity contribution in [1.82, 2.24) is 10.2 Å². The van der Waals surface area contributed by atoms with E-state index in [-0.39, 0.29) is 13.1 Å². The first-order valence-electron chi connectivity index (χ1n) is 7.57. The molecule has 0 radical (unpaired) electrons. The van der Waals surface area contributed by atoms with E-state index in [9.17, 15) is 18.0 Å². The molecule has 1 aliphatic rings. The molecule has 0 heterocycles. The van der Waals surface area contributed by atoms with E-state index in [1.54, 1.807) is 0 Å². The SMILES string of the molecule is O=C(NCC#Cc1ccccc1)N(CCC(F)(F)F)CC1CC1. The van der Waals surface area contributed by atoms with E-state index in [1.165, 1.54) is 4.90 Å². The van der Waals surface area contributed by atoms with Gasteiger partial charge in [0.1, 0.15) is 0 Å². The fourth-order valence-corrected chi connectivity index (χ4v) is 2.05. The van der Waals surface area contributed by atoms with Crippen LogP contribution in [-0.4, -0.2) is 36.7 Å². The highest BCUT2D eigenvalue weighted by molar-refractivity contribution is 5.74. The summed E-state index contributed by atoms with van der Waals surface area (Å²) in [6, 6.07) is 8.80. The number of hydrogen-bond acceptors (Lipinski definition) is 1. The molecule has 2 amide bonds. The van der Waals surface area contributed by atoms with E-state index in [0.29, 0.717) is 12.5 Å². The number of carbonyl (C=O) groups is 1. The van der Waals surface area contributed by atoms with Crippen LogP contribution in [0.4, 0.5) is 18.0 Å². The molecule has 1 aromatic carbocycles. The number of halogens is 3. The maximum absolute atomic E-state index is 12.3. The number of hydrogen-bond donors (Lipinski definition) is 1. The first kappa shape index (κ1) is 17.2. The van der Waals surface area contributed by atoms with Crippen molar-refractivity contribution in [2.45, 2.75) is 25.4 Å². The van der Waals surface area contributed by atoms with Gasteiger partial charge in [-0.05, 0) is 30.9 Å². The van der Waals surface area contributed by atoms with E-state index >= 15 is 0 Å². The molecule has 124 valence electrons. The minimum Gasteiger partial charge on any atom is -0.327 e. The Hall–Kier alpha value is -2.16. The molecule has 0 aliphatic heterocycles. The van der Waals surface area contributed by atoms with Gasteiger partial charge >= 0.3 is 12.2 Å². The number of urea groups is 1. The minimum atomic E-state index is -4.25. The summed E-state index contributed by atoms with van der Waals surface area (Å²) in [4.78, 5) is 13.3. The van der Waals surface area contributed by atoms with E-state index in [2.05, 4.69) is 17.2 Å². The molecule has 1 N–H and O–H groups in total. The molecule has 0 spiro atoms. The number of nitrogens with one attached hydrogen (secondary N) is 1. The van der Waals surface area contributed by atoms with E-state index < -0.39 is 18.6 Å². The van der Waals surface area contributed by atoms with Gasteiger partial charge in [-0.15, -0.1) is 0 Å². The Balaban J connectivity index is 1.81. The lowest BCUT2D eigenvalue weighted by Crippen LogP contribution is -2.42. The summed E-state index contributed by atoms with van der Waals surface area (Å²) in [6.45, 7) is 0.187. The number of benzene rings is 1. The summed E-state index contributed by atoms with van der Waals surface area (Å²) in [5.41, 5.74) is 0.827. The molecule has 0 atom stereocenters. The predicted octanol–water partition coefficient (Wildman–Crippen LogP) is 3.41. The van der Waals surface area contributed by atoms with Crippen LogP contribution in [0.3, 0.4) is 0 Å². The van der Waals surface area contributed by atoms with Crippen LogP contribution in [0.2, 0.25) is 0 Å². The van der Waals surface area contributed by atoms with Gasteiger partial charge in [0.25, 0.3) is 0 Å². The third-order valence-electron chi connectivity index (χ3n) is 3.46. The average molecular weight is 324 g/mol. The zero-order chi connectivity index (χ0) is 16.7. The zero-order valence-electron chi connectivity index (χ0n) is 12.7. The summed E-state index contributed by atoms with van der Waals surface area (Å²) in [7, 11) is 0. The summed E-state index contributed by atoms with van der Waals surface area (Å²) in [5.74, 6) is 6.02. The molecule has 2 rings (SSSR count). The van der Waals surface area contributed by atoms with Crippen molar-refractivity contribution in [2.24, 2.45) is 5.92 Å². The first-order chi connectivity index (χ1) is 10.9. The van der Waals surface area contributed by atoms with Gasteiger partial charge in [-0.2, -0.15) is 13.2 Å². The number of carbonyl (C=O) groups excluding carboxylic acids is 1. The topological polar surface area (TPSA) is 32.3 Å². The normalized spacial score (nSPS) is 13.9. The quantitative estimate of drug-likeness (QED) is 0.827. The third kappa shape index (κ3) is 7.09. The largest absolute Gasteiger partial charge is 0.390 e. The molecular weight excluding hydrogens is 305 g/mol. The molecule has 0 unspecified atom stereocenters. The van der Waals surface area contributed by atoms with Crippen molar-refractivity contribution in [1.29, 1.82) is 0 Å². The predicted molar refractivity (Wildman–Crippen MR) is 81.7 cm³/mol. The maximum Gasteiger partial charge on any atom is 0.390 e. The lowest BCUT2D eigenvalue weighted by molar-refractivity contribution is -0.136. The van der Waals surface area contributed by atoms with E-state index in [4.69, 9.17) is 0 Å². The average Bonchev–Trinajstić information content (AvgIpc) is 3.32. The second-order valence-corrected chi connectivity index (χ2v) is 5.58. The highest BCUT2D eigenvalue weighted by Gasteiger charge is 2.31. The Labute approximate surface area is 133 Å². The Morgan fingerprint density at radius 3 is 2.57 bits per heavy atom. The molecule has 3 nitrogen and oxygen atoms in total. The molecule has 1 aromatic rings. The fourth-order valence-electron chi connectivity index (χ4n) is 2.05. The molecule has 0 saturated heterocycles. The fraction of sp³-hybridized carbons (Fsp3) is 0.471. The highest BCUT2D eigenvalue weighted by atomic mass is 19.4.